The SMILES string of the molecule is Cc1nc(CN(C)C(=O)COc2ccc(Cl)cc2Cl)n[nH]1. The number of nitrogens with one attached hydrogen (secondary N) is 1. The highest BCUT2D eigenvalue weighted by Crippen LogP contribution is 2.27. The van der Waals surface area contributed by atoms with Crippen LogP contribution in [0, 0.1) is 6.92 Å². The van der Waals surface area contributed by atoms with Gasteiger partial charge in [-0.25, -0.2) is 4.98 Å². The number of aromatic amines is 1. The zero-order chi connectivity index (χ0) is 15.4. The highest BCUT2D eigenvalue weighted by atomic mass is 35.5. The van der Waals surface area contributed by atoms with Gasteiger partial charge in [-0.2, -0.15) is 5.10 Å². The summed E-state index contributed by atoms with van der Waals surface area (Å²) in [5, 5.41) is 7.57. The minimum atomic E-state index is -0.205. The Labute approximate surface area is 132 Å². The van der Waals surface area contributed by atoms with Crippen molar-refractivity contribution >= 4 is 29.1 Å². The normalized spacial score (nSPS) is 10.5. The summed E-state index contributed by atoms with van der Waals surface area (Å²) in [5.41, 5.74) is 0. The molecule has 0 saturated heterocycles. The number of carbonyl (C=O) groups excluding carboxylic acids is 1. The number of nitrogens with zero attached hydrogens (tertiary/aromatic N) is 3. The highest BCUT2D eigenvalue weighted by molar-refractivity contribution is 6.35. The van der Waals surface area contributed by atoms with E-state index in [4.69, 9.17) is 27.9 Å². The largest absolute Gasteiger partial charge is 0.482 e. The highest BCUT2D eigenvalue weighted by Gasteiger charge is 2.13. The van der Waals surface area contributed by atoms with Gasteiger partial charge in [0.2, 0.25) is 0 Å². The number of amides is 1. The third kappa shape index (κ3) is 4.34. The molecule has 0 bridgehead atoms. The first-order valence-electron chi connectivity index (χ1n) is 6.15. The molecule has 21 heavy (non-hydrogen) atoms. The molecule has 1 aromatic heterocycles. The molecule has 1 heterocycles. The number of halogens is 2. The van der Waals surface area contributed by atoms with Crippen molar-refractivity contribution in [3.05, 3.63) is 39.9 Å². The Kier molecular flexibility index (Phi) is 5.03. The number of likely N-dealkylation sites (N-methyl/N-ethyl adjacent to an activating group) is 1. The van der Waals surface area contributed by atoms with Crippen LogP contribution in [0.5, 0.6) is 5.75 Å². The van der Waals surface area contributed by atoms with Crippen LogP contribution in [0.2, 0.25) is 10.0 Å². The van der Waals surface area contributed by atoms with E-state index < -0.39 is 0 Å². The predicted molar refractivity (Wildman–Crippen MR) is 79.6 cm³/mol. The van der Waals surface area contributed by atoms with Crippen LogP contribution in [0.4, 0.5) is 0 Å². The molecule has 0 aliphatic rings. The first-order valence-corrected chi connectivity index (χ1v) is 6.91. The minimum Gasteiger partial charge on any atom is -0.482 e. The van der Waals surface area contributed by atoms with Crippen LogP contribution >= 0.6 is 23.2 Å². The third-order valence-electron chi connectivity index (χ3n) is 2.69. The van der Waals surface area contributed by atoms with Gasteiger partial charge in [-0.3, -0.25) is 9.89 Å². The first kappa shape index (κ1) is 15.6. The molecule has 0 unspecified atom stereocenters. The number of carbonyl (C=O) groups is 1. The number of aryl methyl sites for hydroxylation is 1. The minimum absolute atomic E-state index is 0.124. The van der Waals surface area contributed by atoms with Crippen LogP contribution in [0.1, 0.15) is 11.6 Å². The number of hydrogen-bond donors (Lipinski definition) is 1. The van der Waals surface area contributed by atoms with Gasteiger partial charge in [0.05, 0.1) is 11.6 Å². The van der Waals surface area contributed by atoms with E-state index in [9.17, 15) is 4.79 Å². The lowest BCUT2D eigenvalue weighted by atomic mass is 10.3. The van der Waals surface area contributed by atoms with E-state index in [1.165, 1.54) is 4.90 Å². The summed E-state index contributed by atoms with van der Waals surface area (Å²) in [6.45, 7) is 1.98. The van der Waals surface area contributed by atoms with Crippen molar-refractivity contribution in [2.75, 3.05) is 13.7 Å². The van der Waals surface area contributed by atoms with E-state index in [1.54, 1.807) is 32.2 Å². The summed E-state index contributed by atoms with van der Waals surface area (Å²) in [6, 6.07) is 4.83. The molecule has 112 valence electrons. The number of rotatable bonds is 5. The molecule has 1 N–H and O–H groups in total. The Hall–Kier alpha value is -1.79. The van der Waals surface area contributed by atoms with Crippen LogP contribution in [0.25, 0.3) is 0 Å². The molecule has 1 amide bonds. The molecule has 0 aliphatic carbocycles. The van der Waals surface area contributed by atoms with Gasteiger partial charge in [0.15, 0.2) is 12.4 Å². The quantitative estimate of drug-likeness (QED) is 0.915. The molecule has 2 aromatic rings. The second-order valence-corrected chi connectivity index (χ2v) is 5.29. The summed E-state index contributed by atoms with van der Waals surface area (Å²) >= 11 is 11.8. The summed E-state index contributed by atoms with van der Waals surface area (Å²) in [7, 11) is 1.65. The molecule has 0 saturated carbocycles. The zero-order valence-electron chi connectivity index (χ0n) is 11.6. The van der Waals surface area contributed by atoms with E-state index in [0.29, 0.717) is 34.0 Å². The molecule has 1 aromatic carbocycles. The Morgan fingerprint density at radius 2 is 2.19 bits per heavy atom. The van der Waals surface area contributed by atoms with Crippen LogP contribution in [-0.4, -0.2) is 39.6 Å². The van der Waals surface area contributed by atoms with Crippen molar-refractivity contribution in [1.82, 2.24) is 20.1 Å². The first-order chi connectivity index (χ1) is 9.95. The van der Waals surface area contributed by atoms with E-state index in [2.05, 4.69) is 15.2 Å². The van der Waals surface area contributed by atoms with Crippen molar-refractivity contribution < 1.29 is 9.53 Å². The average molecular weight is 329 g/mol. The summed E-state index contributed by atoms with van der Waals surface area (Å²) in [5.74, 6) is 1.46. The standard InChI is InChI=1S/C13H14Cl2N4O2/c1-8-16-12(18-17-8)6-19(2)13(20)7-21-11-4-3-9(14)5-10(11)15/h3-5H,6-7H2,1-2H3,(H,16,17,18). The Morgan fingerprint density at radius 1 is 1.43 bits per heavy atom. The smallest absolute Gasteiger partial charge is 0.260 e. The van der Waals surface area contributed by atoms with Crippen LogP contribution in [-0.2, 0) is 11.3 Å². The van der Waals surface area contributed by atoms with Gasteiger partial charge in [0, 0.05) is 12.1 Å². The molecule has 0 fully saturated rings. The maximum Gasteiger partial charge on any atom is 0.260 e. The second kappa shape index (κ2) is 6.78. The monoisotopic (exact) mass is 328 g/mol. The lowest BCUT2D eigenvalue weighted by Crippen LogP contribution is -2.31. The van der Waals surface area contributed by atoms with Crippen molar-refractivity contribution in [3.8, 4) is 5.75 Å². The van der Waals surface area contributed by atoms with Crippen LogP contribution in [0.15, 0.2) is 18.2 Å². The molecule has 2 rings (SSSR count). The van der Waals surface area contributed by atoms with Crippen molar-refractivity contribution in [2.45, 2.75) is 13.5 Å². The lowest BCUT2D eigenvalue weighted by Gasteiger charge is -2.16. The number of hydrogen-bond acceptors (Lipinski definition) is 4. The van der Waals surface area contributed by atoms with Gasteiger partial charge in [0.1, 0.15) is 11.6 Å². The molecular formula is C13H14Cl2N4O2. The Bertz CT molecular complexity index is 645. The fourth-order valence-electron chi connectivity index (χ4n) is 1.60. The number of ether oxygens (including phenoxy) is 1. The lowest BCUT2D eigenvalue weighted by molar-refractivity contribution is -0.132. The Balaban J connectivity index is 1.89. The fraction of sp³-hybridized carbons (Fsp3) is 0.308. The number of benzene rings is 1. The van der Waals surface area contributed by atoms with Gasteiger partial charge >= 0.3 is 0 Å². The summed E-state index contributed by atoms with van der Waals surface area (Å²) < 4.78 is 5.39. The van der Waals surface area contributed by atoms with Crippen molar-refractivity contribution in [3.63, 3.8) is 0 Å². The van der Waals surface area contributed by atoms with E-state index in [-0.39, 0.29) is 12.5 Å². The summed E-state index contributed by atoms with van der Waals surface area (Å²) in [4.78, 5) is 17.6. The third-order valence-corrected chi connectivity index (χ3v) is 3.22. The topological polar surface area (TPSA) is 71.1 Å². The predicted octanol–water partition coefficient (Wildman–Crippen LogP) is 2.46. The van der Waals surface area contributed by atoms with Crippen LogP contribution in [0.3, 0.4) is 0 Å². The molecule has 6 nitrogen and oxygen atoms in total. The summed E-state index contributed by atoms with van der Waals surface area (Å²) in [6.07, 6.45) is 0. The maximum absolute atomic E-state index is 12.0. The van der Waals surface area contributed by atoms with Gasteiger partial charge in [-0.15, -0.1) is 0 Å². The van der Waals surface area contributed by atoms with E-state index >= 15 is 0 Å². The second-order valence-electron chi connectivity index (χ2n) is 4.45. The van der Waals surface area contributed by atoms with Gasteiger partial charge < -0.3 is 9.64 Å². The van der Waals surface area contributed by atoms with E-state index in [0.717, 1.165) is 0 Å². The van der Waals surface area contributed by atoms with Crippen molar-refractivity contribution in [1.29, 1.82) is 0 Å². The van der Waals surface area contributed by atoms with Gasteiger partial charge in [-0.05, 0) is 25.1 Å². The molecular weight excluding hydrogens is 315 g/mol. The molecule has 0 aliphatic heterocycles. The molecule has 0 atom stereocenters. The van der Waals surface area contributed by atoms with Crippen molar-refractivity contribution in [2.24, 2.45) is 0 Å². The van der Waals surface area contributed by atoms with E-state index in [1.807, 2.05) is 0 Å². The maximum atomic E-state index is 12.0. The molecule has 8 heteroatoms. The Morgan fingerprint density at radius 3 is 2.81 bits per heavy atom. The van der Waals surface area contributed by atoms with Gasteiger partial charge in [-0.1, -0.05) is 23.2 Å². The molecule has 0 spiro atoms. The van der Waals surface area contributed by atoms with Crippen LogP contribution < -0.4 is 4.74 Å². The number of aromatic nitrogens is 3. The number of H-pyrrole nitrogens is 1. The average Bonchev–Trinajstić information content (AvgIpc) is 2.82. The van der Waals surface area contributed by atoms with Gasteiger partial charge in [0.25, 0.3) is 5.91 Å². The molecule has 0 radical (unpaired) electrons. The fourth-order valence-corrected chi connectivity index (χ4v) is 2.07. The zero-order valence-corrected chi connectivity index (χ0v) is 13.1.